The third kappa shape index (κ3) is 2.28. The molecule has 5 heteroatoms. The lowest BCUT2D eigenvalue weighted by Crippen LogP contribution is -2.02. The first-order valence-electron chi connectivity index (χ1n) is 3.46. The molecule has 13 heavy (non-hydrogen) atoms. The summed E-state index contributed by atoms with van der Waals surface area (Å²) < 4.78 is 32.0. The van der Waals surface area contributed by atoms with Crippen molar-refractivity contribution in [3.8, 4) is 6.07 Å². The van der Waals surface area contributed by atoms with Crippen LogP contribution in [0.4, 0.5) is 0 Å². The fourth-order valence-corrected chi connectivity index (χ4v) is 1.69. The minimum Gasteiger partial charge on any atom is -0.744 e. The zero-order valence-corrected chi connectivity index (χ0v) is 7.41. The van der Waals surface area contributed by atoms with Crippen LogP contribution in [0.1, 0.15) is 5.56 Å². The number of hydrogen-bond acceptors (Lipinski definition) is 4. The van der Waals surface area contributed by atoms with Gasteiger partial charge in [0.05, 0.1) is 17.4 Å². The first-order chi connectivity index (χ1) is 6.05. The molecule has 0 saturated heterocycles. The number of nitriles is 1. The molecule has 68 valence electrons. The molecule has 0 N–H and O–H groups in total. The Balaban J connectivity index is 3.30. The molecule has 4 nitrogen and oxygen atoms in total. The standard InChI is InChI=1S/C8H7NO3S/c9-6-5-7-3-1-2-4-8(7)13(10,11)12/h1-4H,5H2,(H,10,11,12)/p-1. The summed E-state index contributed by atoms with van der Waals surface area (Å²) in [5, 5.41) is 8.36. The second-order valence-corrected chi connectivity index (χ2v) is 3.74. The Labute approximate surface area is 76.2 Å². The van der Waals surface area contributed by atoms with Gasteiger partial charge in [-0.1, -0.05) is 18.2 Å². The molecule has 0 aliphatic rings. The Bertz CT molecular complexity index is 445. The normalized spacial score (nSPS) is 10.8. The molecule has 1 aromatic rings. The summed E-state index contributed by atoms with van der Waals surface area (Å²) >= 11 is 0. The van der Waals surface area contributed by atoms with Crippen LogP contribution >= 0.6 is 0 Å². The second kappa shape index (κ2) is 3.56. The van der Waals surface area contributed by atoms with Crippen molar-refractivity contribution in [2.24, 2.45) is 0 Å². The van der Waals surface area contributed by atoms with Crippen LogP contribution in [-0.4, -0.2) is 13.0 Å². The summed E-state index contributed by atoms with van der Waals surface area (Å²) in [4.78, 5) is -0.309. The molecule has 0 fully saturated rings. The lowest BCUT2D eigenvalue weighted by molar-refractivity contribution is 0.462. The molecule has 0 spiro atoms. The van der Waals surface area contributed by atoms with Gasteiger partial charge in [-0.15, -0.1) is 0 Å². The lowest BCUT2D eigenvalue weighted by Gasteiger charge is -2.09. The summed E-state index contributed by atoms with van der Waals surface area (Å²) in [6, 6.07) is 7.48. The number of hydrogen-bond donors (Lipinski definition) is 0. The average molecular weight is 196 g/mol. The monoisotopic (exact) mass is 196 g/mol. The van der Waals surface area contributed by atoms with Crippen molar-refractivity contribution in [3.05, 3.63) is 29.8 Å². The zero-order valence-electron chi connectivity index (χ0n) is 6.60. The third-order valence-corrected chi connectivity index (χ3v) is 2.45. The Morgan fingerprint density at radius 2 is 2.00 bits per heavy atom. The van der Waals surface area contributed by atoms with Crippen molar-refractivity contribution in [2.45, 2.75) is 11.3 Å². The molecular weight excluding hydrogens is 190 g/mol. The highest BCUT2D eigenvalue weighted by atomic mass is 32.2. The van der Waals surface area contributed by atoms with Crippen molar-refractivity contribution < 1.29 is 13.0 Å². The largest absolute Gasteiger partial charge is 0.744 e. The van der Waals surface area contributed by atoms with Crippen LogP contribution in [0.2, 0.25) is 0 Å². The highest BCUT2D eigenvalue weighted by Gasteiger charge is 2.06. The van der Waals surface area contributed by atoms with Gasteiger partial charge in [-0.2, -0.15) is 5.26 Å². The van der Waals surface area contributed by atoms with E-state index in [-0.39, 0.29) is 16.9 Å². The molecule has 0 unspecified atom stereocenters. The SMILES string of the molecule is N#CCc1ccccc1S(=O)(=O)[O-]. The van der Waals surface area contributed by atoms with Crippen LogP contribution in [0, 0.1) is 11.3 Å². The van der Waals surface area contributed by atoms with E-state index in [1.165, 1.54) is 18.2 Å². The van der Waals surface area contributed by atoms with Gasteiger partial charge in [0.1, 0.15) is 10.1 Å². The maximum absolute atomic E-state index is 10.7. The minimum absolute atomic E-state index is 0.0718. The van der Waals surface area contributed by atoms with Gasteiger partial charge < -0.3 is 4.55 Å². The molecule has 0 aliphatic carbocycles. The Hall–Kier alpha value is -1.38. The average Bonchev–Trinajstić information content (AvgIpc) is 2.04. The van der Waals surface area contributed by atoms with E-state index in [0.717, 1.165) is 0 Å². The van der Waals surface area contributed by atoms with Crippen molar-refractivity contribution >= 4 is 10.1 Å². The predicted octanol–water partition coefficient (Wildman–Crippen LogP) is 0.657. The Kier molecular flexibility index (Phi) is 2.66. The molecule has 0 atom stereocenters. The van der Waals surface area contributed by atoms with Gasteiger partial charge in [0.15, 0.2) is 0 Å². The molecule has 1 aromatic carbocycles. The maximum Gasteiger partial charge on any atom is 0.124 e. The van der Waals surface area contributed by atoms with Crippen LogP contribution in [-0.2, 0) is 16.5 Å². The van der Waals surface area contributed by atoms with Gasteiger partial charge in [0.25, 0.3) is 0 Å². The van der Waals surface area contributed by atoms with Gasteiger partial charge in [-0.3, -0.25) is 0 Å². The summed E-state index contributed by atoms with van der Waals surface area (Å²) in [7, 11) is -4.46. The predicted molar refractivity (Wildman–Crippen MR) is 43.7 cm³/mol. The van der Waals surface area contributed by atoms with Crippen molar-refractivity contribution in [1.82, 2.24) is 0 Å². The Morgan fingerprint density at radius 3 is 2.54 bits per heavy atom. The van der Waals surface area contributed by atoms with Crippen LogP contribution in [0.25, 0.3) is 0 Å². The van der Waals surface area contributed by atoms with E-state index >= 15 is 0 Å². The molecule has 0 saturated carbocycles. The lowest BCUT2D eigenvalue weighted by atomic mass is 10.2. The molecule has 0 aliphatic heterocycles. The summed E-state index contributed by atoms with van der Waals surface area (Å²) in [5.41, 5.74) is 0.250. The highest BCUT2D eigenvalue weighted by Crippen LogP contribution is 2.14. The summed E-state index contributed by atoms with van der Waals surface area (Å²) in [6.45, 7) is 0. The molecular formula is C8H6NO3S-. The first-order valence-corrected chi connectivity index (χ1v) is 4.87. The zero-order chi connectivity index (χ0) is 9.90. The molecule has 0 aromatic heterocycles. The van der Waals surface area contributed by atoms with Crippen LogP contribution < -0.4 is 0 Å². The first kappa shape index (κ1) is 9.71. The number of benzene rings is 1. The molecule has 0 radical (unpaired) electrons. The number of rotatable bonds is 2. The topological polar surface area (TPSA) is 81.0 Å². The second-order valence-electron chi connectivity index (χ2n) is 2.40. The molecule has 1 rings (SSSR count). The molecule has 0 heterocycles. The summed E-state index contributed by atoms with van der Waals surface area (Å²) in [5.74, 6) is 0. The smallest absolute Gasteiger partial charge is 0.124 e. The van der Waals surface area contributed by atoms with Crippen LogP contribution in [0.5, 0.6) is 0 Å². The van der Waals surface area contributed by atoms with Gasteiger partial charge >= 0.3 is 0 Å². The van der Waals surface area contributed by atoms with Crippen LogP contribution in [0.15, 0.2) is 29.2 Å². The van der Waals surface area contributed by atoms with Crippen LogP contribution in [0.3, 0.4) is 0 Å². The maximum atomic E-state index is 10.7. The van der Waals surface area contributed by atoms with Crippen molar-refractivity contribution in [2.75, 3.05) is 0 Å². The highest BCUT2D eigenvalue weighted by molar-refractivity contribution is 7.85. The quantitative estimate of drug-likeness (QED) is 0.650. The fraction of sp³-hybridized carbons (Fsp3) is 0.125. The van der Waals surface area contributed by atoms with E-state index in [4.69, 9.17) is 5.26 Å². The number of nitrogens with zero attached hydrogens (tertiary/aromatic N) is 1. The van der Waals surface area contributed by atoms with Crippen molar-refractivity contribution in [1.29, 1.82) is 5.26 Å². The van der Waals surface area contributed by atoms with Gasteiger partial charge in [0, 0.05) is 0 Å². The van der Waals surface area contributed by atoms with E-state index in [1.807, 2.05) is 0 Å². The third-order valence-electron chi connectivity index (χ3n) is 1.51. The van der Waals surface area contributed by atoms with E-state index in [0.29, 0.717) is 0 Å². The fourth-order valence-electron chi connectivity index (χ4n) is 0.979. The van der Waals surface area contributed by atoms with Crippen molar-refractivity contribution in [3.63, 3.8) is 0 Å². The van der Waals surface area contributed by atoms with Gasteiger partial charge in [-0.05, 0) is 11.6 Å². The molecule has 0 bridgehead atoms. The molecule has 0 amide bonds. The minimum atomic E-state index is -4.46. The van der Waals surface area contributed by atoms with Gasteiger partial charge in [0.2, 0.25) is 0 Å². The van der Waals surface area contributed by atoms with E-state index in [9.17, 15) is 13.0 Å². The Morgan fingerprint density at radius 1 is 1.38 bits per heavy atom. The van der Waals surface area contributed by atoms with E-state index < -0.39 is 10.1 Å². The van der Waals surface area contributed by atoms with E-state index in [1.54, 1.807) is 12.1 Å². The van der Waals surface area contributed by atoms with Gasteiger partial charge in [-0.25, -0.2) is 8.42 Å². The summed E-state index contributed by atoms with van der Waals surface area (Å²) in [6.07, 6.45) is -0.0718. The van der Waals surface area contributed by atoms with E-state index in [2.05, 4.69) is 0 Å².